The topological polar surface area (TPSA) is 69.1 Å². The summed E-state index contributed by atoms with van der Waals surface area (Å²) in [5.41, 5.74) is 4.01. The molecule has 0 aliphatic carbocycles. The standard InChI is InChI=1S/C18H20N2O2/c1-11-12(2)18(22)16-15(17(11)21)14(19-20-16)10-6-9-13-7-4-3-5-8-13/h3-5,7-8,21-22H,6,9-10H2,1-2H3,(H,19,20). The first-order chi connectivity index (χ1) is 10.6. The van der Waals surface area contributed by atoms with Crippen LogP contribution in [0.2, 0.25) is 0 Å². The number of rotatable bonds is 4. The van der Waals surface area contributed by atoms with Gasteiger partial charge in [-0.15, -0.1) is 0 Å². The van der Waals surface area contributed by atoms with Crippen molar-refractivity contribution in [1.82, 2.24) is 10.2 Å². The average Bonchev–Trinajstić information content (AvgIpc) is 2.96. The Morgan fingerprint density at radius 1 is 0.955 bits per heavy atom. The molecule has 0 atom stereocenters. The Morgan fingerprint density at radius 3 is 2.36 bits per heavy atom. The van der Waals surface area contributed by atoms with Crippen LogP contribution in [0, 0.1) is 13.8 Å². The van der Waals surface area contributed by atoms with Crippen LogP contribution < -0.4 is 0 Å². The lowest BCUT2D eigenvalue weighted by Crippen LogP contribution is -1.92. The van der Waals surface area contributed by atoms with Crippen molar-refractivity contribution in [3.8, 4) is 11.5 Å². The molecule has 4 nitrogen and oxygen atoms in total. The Kier molecular flexibility index (Phi) is 3.75. The first kappa shape index (κ1) is 14.4. The molecular weight excluding hydrogens is 276 g/mol. The maximum absolute atomic E-state index is 10.4. The monoisotopic (exact) mass is 296 g/mol. The molecule has 2 aromatic carbocycles. The van der Waals surface area contributed by atoms with Crippen molar-refractivity contribution in [2.75, 3.05) is 0 Å². The number of aromatic amines is 1. The van der Waals surface area contributed by atoms with Gasteiger partial charge in [-0.2, -0.15) is 5.10 Å². The number of nitrogens with one attached hydrogen (secondary N) is 1. The van der Waals surface area contributed by atoms with Crippen molar-refractivity contribution in [3.63, 3.8) is 0 Å². The van der Waals surface area contributed by atoms with E-state index in [1.807, 2.05) is 25.1 Å². The lowest BCUT2D eigenvalue weighted by atomic mass is 10.0. The van der Waals surface area contributed by atoms with Gasteiger partial charge in [-0.05, 0) is 49.8 Å². The first-order valence-electron chi connectivity index (χ1n) is 7.51. The summed E-state index contributed by atoms with van der Waals surface area (Å²) in [7, 11) is 0. The summed E-state index contributed by atoms with van der Waals surface area (Å²) in [6.45, 7) is 3.60. The van der Waals surface area contributed by atoms with E-state index in [2.05, 4.69) is 22.3 Å². The molecule has 0 fully saturated rings. The van der Waals surface area contributed by atoms with Gasteiger partial charge in [-0.3, -0.25) is 5.10 Å². The third-order valence-electron chi connectivity index (χ3n) is 4.31. The minimum Gasteiger partial charge on any atom is -0.507 e. The average molecular weight is 296 g/mol. The van der Waals surface area contributed by atoms with Gasteiger partial charge in [0, 0.05) is 5.69 Å². The van der Waals surface area contributed by atoms with Crippen molar-refractivity contribution >= 4 is 10.9 Å². The molecule has 3 rings (SSSR count). The summed E-state index contributed by atoms with van der Waals surface area (Å²) >= 11 is 0. The summed E-state index contributed by atoms with van der Waals surface area (Å²) in [5.74, 6) is 0.365. The van der Waals surface area contributed by atoms with E-state index in [9.17, 15) is 10.2 Å². The Labute approximate surface area is 129 Å². The Hall–Kier alpha value is -2.49. The van der Waals surface area contributed by atoms with E-state index in [1.54, 1.807) is 6.92 Å². The lowest BCUT2D eigenvalue weighted by Gasteiger charge is -2.08. The number of hydrogen-bond donors (Lipinski definition) is 3. The summed E-state index contributed by atoms with van der Waals surface area (Å²) < 4.78 is 0. The molecule has 0 spiro atoms. The fourth-order valence-corrected chi connectivity index (χ4v) is 2.82. The van der Waals surface area contributed by atoms with Gasteiger partial charge < -0.3 is 10.2 Å². The zero-order valence-electron chi connectivity index (χ0n) is 12.8. The molecule has 0 saturated carbocycles. The Balaban J connectivity index is 1.86. The van der Waals surface area contributed by atoms with Gasteiger partial charge in [0.05, 0.1) is 5.39 Å². The number of aromatic nitrogens is 2. The normalized spacial score (nSPS) is 11.2. The van der Waals surface area contributed by atoms with Gasteiger partial charge in [-0.1, -0.05) is 30.3 Å². The highest BCUT2D eigenvalue weighted by Crippen LogP contribution is 2.39. The molecule has 1 heterocycles. The highest BCUT2D eigenvalue weighted by molar-refractivity contribution is 5.94. The van der Waals surface area contributed by atoms with E-state index in [0.29, 0.717) is 22.0 Å². The molecule has 22 heavy (non-hydrogen) atoms. The number of fused-ring (bicyclic) bond motifs is 1. The summed E-state index contributed by atoms with van der Waals surface area (Å²) in [6.07, 6.45) is 2.70. The zero-order valence-corrected chi connectivity index (χ0v) is 12.8. The molecule has 0 aliphatic rings. The number of H-pyrrole nitrogens is 1. The number of benzene rings is 2. The number of nitrogens with zero attached hydrogens (tertiary/aromatic N) is 1. The quantitative estimate of drug-likeness (QED) is 0.642. The predicted octanol–water partition coefficient (Wildman–Crippen LogP) is 3.77. The molecule has 0 unspecified atom stereocenters. The number of aromatic hydroxyl groups is 2. The molecular formula is C18H20N2O2. The van der Waals surface area contributed by atoms with Gasteiger partial charge in [0.15, 0.2) is 0 Å². The van der Waals surface area contributed by atoms with Crippen LogP contribution in [0.25, 0.3) is 10.9 Å². The summed E-state index contributed by atoms with van der Waals surface area (Å²) in [6, 6.07) is 10.3. The molecule has 0 radical (unpaired) electrons. The SMILES string of the molecule is Cc1c(C)c(O)c2c(CCCc3ccccc3)[nH]nc2c1O. The minimum atomic E-state index is 0.149. The number of aryl methyl sites for hydroxylation is 2. The third-order valence-corrected chi connectivity index (χ3v) is 4.31. The molecule has 4 heteroatoms. The van der Waals surface area contributed by atoms with Crippen molar-refractivity contribution in [2.45, 2.75) is 33.1 Å². The predicted molar refractivity (Wildman–Crippen MR) is 87.4 cm³/mol. The van der Waals surface area contributed by atoms with Crippen LogP contribution in [0.5, 0.6) is 11.5 Å². The third kappa shape index (κ3) is 2.41. The maximum Gasteiger partial charge on any atom is 0.147 e. The van der Waals surface area contributed by atoms with E-state index >= 15 is 0 Å². The fourth-order valence-electron chi connectivity index (χ4n) is 2.82. The highest BCUT2D eigenvalue weighted by atomic mass is 16.3. The van der Waals surface area contributed by atoms with E-state index < -0.39 is 0 Å². The fraction of sp³-hybridized carbons (Fsp3) is 0.278. The number of phenolic OH excluding ortho intramolecular Hbond substituents is 2. The Morgan fingerprint density at radius 2 is 1.64 bits per heavy atom. The van der Waals surface area contributed by atoms with E-state index in [1.165, 1.54) is 5.56 Å². The molecule has 3 aromatic rings. The van der Waals surface area contributed by atoms with Crippen LogP contribution in [0.3, 0.4) is 0 Å². The van der Waals surface area contributed by atoms with Crippen LogP contribution in [0.4, 0.5) is 0 Å². The Bertz CT molecular complexity index is 807. The van der Waals surface area contributed by atoms with E-state index in [4.69, 9.17) is 0 Å². The van der Waals surface area contributed by atoms with Gasteiger partial charge in [0.25, 0.3) is 0 Å². The second kappa shape index (κ2) is 5.72. The first-order valence-corrected chi connectivity index (χ1v) is 7.51. The molecule has 1 aromatic heterocycles. The number of phenols is 2. The van der Waals surface area contributed by atoms with Crippen LogP contribution in [0.1, 0.15) is 28.8 Å². The molecule has 0 amide bonds. The summed E-state index contributed by atoms with van der Waals surface area (Å²) in [5, 5.41) is 28.3. The largest absolute Gasteiger partial charge is 0.507 e. The van der Waals surface area contributed by atoms with Gasteiger partial charge in [0.2, 0.25) is 0 Å². The maximum atomic E-state index is 10.4. The van der Waals surface area contributed by atoms with E-state index in [-0.39, 0.29) is 11.5 Å². The van der Waals surface area contributed by atoms with Crippen LogP contribution in [0.15, 0.2) is 30.3 Å². The van der Waals surface area contributed by atoms with Crippen molar-refractivity contribution in [3.05, 3.63) is 52.7 Å². The molecule has 114 valence electrons. The van der Waals surface area contributed by atoms with Gasteiger partial charge >= 0.3 is 0 Å². The molecule has 3 N–H and O–H groups in total. The highest BCUT2D eigenvalue weighted by Gasteiger charge is 2.18. The molecule has 0 bridgehead atoms. The zero-order chi connectivity index (χ0) is 15.7. The van der Waals surface area contributed by atoms with E-state index in [0.717, 1.165) is 25.0 Å². The summed E-state index contributed by atoms with van der Waals surface area (Å²) in [4.78, 5) is 0. The second-order valence-corrected chi connectivity index (χ2v) is 5.71. The van der Waals surface area contributed by atoms with Gasteiger partial charge in [-0.25, -0.2) is 0 Å². The van der Waals surface area contributed by atoms with Crippen LogP contribution in [-0.2, 0) is 12.8 Å². The van der Waals surface area contributed by atoms with Crippen molar-refractivity contribution < 1.29 is 10.2 Å². The van der Waals surface area contributed by atoms with Crippen LogP contribution in [-0.4, -0.2) is 20.4 Å². The van der Waals surface area contributed by atoms with Crippen molar-refractivity contribution in [1.29, 1.82) is 0 Å². The second-order valence-electron chi connectivity index (χ2n) is 5.71. The van der Waals surface area contributed by atoms with Crippen molar-refractivity contribution in [2.24, 2.45) is 0 Å². The molecule has 0 saturated heterocycles. The smallest absolute Gasteiger partial charge is 0.147 e. The number of hydrogen-bond acceptors (Lipinski definition) is 3. The van der Waals surface area contributed by atoms with Gasteiger partial charge in [0.1, 0.15) is 17.0 Å². The minimum absolute atomic E-state index is 0.149. The molecule has 0 aliphatic heterocycles. The van der Waals surface area contributed by atoms with Crippen LogP contribution >= 0.6 is 0 Å². The lowest BCUT2D eigenvalue weighted by molar-refractivity contribution is 0.462.